The van der Waals surface area contributed by atoms with Gasteiger partial charge in [0.2, 0.25) is 0 Å². The number of hydrogen-bond donors (Lipinski definition) is 0. The standard InChI is InChI=1S/C13H15N/c1-2-3-4-8-11-14-12-13-9-6-5-7-10-13/h2-11H,12H2,1H3/b3-2-,8-4-,14-11?. The van der Waals surface area contributed by atoms with Crippen LogP contribution in [0.25, 0.3) is 0 Å². The minimum absolute atomic E-state index is 0.751. The van der Waals surface area contributed by atoms with Crippen LogP contribution in [-0.2, 0) is 6.54 Å². The van der Waals surface area contributed by atoms with Crippen molar-refractivity contribution in [3.05, 3.63) is 60.2 Å². The van der Waals surface area contributed by atoms with Gasteiger partial charge in [0.15, 0.2) is 0 Å². The van der Waals surface area contributed by atoms with Gasteiger partial charge in [-0.1, -0.05) is 48.6 Å². The van der Waals surface area contributed by atoms with E-state index in [1.807, 2.05) is 55.6 Å². The molecule has 0 fully saturated rings. The molecule has 1 aromatic carbocycles. The molecule has 14 heavy (non-hydrogen) atoms. The van der Waals surface area contributed by atoms with Crippen LogP contribution in [-0.4, -0.2) is 6.21 Å². The molecule has 0 amide bonds. The Hall–Kier alpha value is -1.63. The molecule has 0 saturated carbocycles. The number of nitrogens with zero attached hydrogens (tertiary/aromatic N) is 1. The third-order valence-corrected chi connectivity index (χ3v) is 1.72. The van der Waals surface area contributed by atoms with Gasteiger partial charge in [0, 0.05) is 6.21 Å². The second kappa shape index (κ2) is 6.84. The zero-order chi connectivity index (χ0) is 10.1. The molecular weight excluding hydrogens is 170 g/mol. The summed E-state index contributed by atoms with van der Waals surface area (Å²) in [7, 11) is 0. The fraction of sp³-hybridized carbons (Fsp3) is 0.154. The number of rotatable bonds is 4. The summed E-state index contributed by atoms with van der Waals surface area (Å²) >= 11 is 0. The first-order chi connectivity index (χ1) is 6.93. The van der Waals surface area contributed by atoms with Crippen molar-refractivity contribution in [2.45, 2.75) is 13.5 Å². The highest BCUT2D eigenvalue weighted by Crippen LogP contribution is 1.99. The molecule has 0 spiro atoms. The summed E-state index contributed by atoms with van der Waals surface area (Å²) in [5.41, 5.74) is 1.24. The van der Waals surface area contributed by atoms with E-state index in [4.69, 9.17) is 0 Å². The largest absolute Gasteiger partial charge is 0.288 e. The Morgan fingerprint density at radius 2 is 1.86 bits per heavy atom. The Kier molecular flexibility index (Phi) is 5.11. The molecule has 0 bridgehead atoms. The third-order valence-electron chi connectivity index (χ3n) is 1.72. The molecule has 1 heteroatoms. The van der Waals surface area contributed by atoms with E-state index in [-0.39, 0.29) is 0 Å². The molecule has 0 saturated heterocycles. The van der Waals surface area contributed by atoms with Crippen LogP contribution >= 0.6 is 0 Å². The van der Waals surface area contributed by atoms with Crippen LogP contribution in [0.3, 0.4) is 0 Å². The van der Waals surface area contributed by atoms with E-state index < -0.39 is 0 Å². The molecule has 0 aliphatic rings. The lowest BCUT2D eigenvalue weighted by Gasteiger charge is -1.92. The Bertz CT molecular complexity index is 320. The zero-order valence-electron chi connectivity index (χ0n) is 8.43. The molecule has 1 rings (SSSR count). The quantitative estimate of drug-likeness (QED) is 0.503. The maximum atomic E-state index is 4.27. The van der Waals surface area contributed by atoms with E-state index in [9.17, 15) is 0 Å². The second-order valence-electron chi connectivity index (χ2n) is 2.89. The van der Waals surface area contributed by atoms with E-state index in [0.29, 0.717) is 0 Å². The Balaban J connectivity index is 2.34. The Morgan fingerprint density at radius 1 is 1.07 bits per heavy atom. The molecule has 0 heterocycles. The smallest absolute Gasteiger partial charge is 0.0639 e. The fourth-order valence-corrected chi connectivity index (χ4v) is 1.03. The maximum absolute atomic E-state index is 4.27. The molecule has 0 radical (unpaired) electrons. The van der Waals surface area contributed by atoms with Crippen LogP contribution < -0.4 is 0 Å². The van der Waals surface area contributed by atoms with Crippen LogP contribution in [0, 0.1) is 0 Å². The normalized spacial score (nSPS) is 12.1. The summed E-state index contributed by atoms with van der Waals surface area (Å²) in [6, 6.07) is 10.2. The minimum atomic E-state index is 0.751. The van der Waals surface area contributed by atoms with Crippen molar-refractivity contribution in [3.8, 4) is 0 Å². The molecular formula is C13H15N. The van der Waals surface area contributed by atoms with Crippen LogP contribution in [0.15, 0.2) is 59.6 Å². The first-order valence-corrected chi connectivity index (χ1v) is 4.75. The van der Waals surface area contributed by atoms with Gasteiger partial charge in [-0.25, -0.2) is 0 Å². The van der Waals surface area contributed by atoms with E-state index in [2.05, 4.69) is 17.1 Å². The molecule has 0 atom stereocenters. The summed E-state index contributed by atoms with van der Waals surface area (Å²) < 4.78 is 0. The van der Waals surface area contributed by atoms with Gasteiger partial charge in [0.05, 0.1) is 6.54 Å². The Labute approximate surface area is 85.5 Å². The van der Waals surface area contributed by atoms with Crippen LogP contribution in [0.4, 0.5) is 0 Å². The van der Waals surface area contributed by atoms with Crippen molar-refractivity contribution >= 4 is 6.21 Å². The third kappa shape index (κ3) is 4.41. The van der Waals surface area contributed by atoms with Crippen molar-refractivity contribution in [2.24, 2.45) is 4.99 Å². The van der Waals surface area contributed by atoms with Gasteiger partial charge in [-0.2, -0.15) is 0 Å². The minimum Gasteiger partial charge on any atom is -0.288 e. The molecule has 0 aliphatic carbocycles. The Morgan fingerprint density at radius 3 is 2.57 bits per heavy atom. The number of aliphatic imine (C=N–C) groups is 1. The molecule has 1 aromatic rings. The van der Waals surface area contributed by atoms with E-state index in [1.165, 1.54) is 5.56 Å². The maximum Gasteiger partial charge on any atom is 0.0639 e. The van der Waals surface area contributed by atoms with Crippen molar-refractivity contribution < 1.29 is 0 Å². The lowest BCUT2D eigenvalue weighted by molar-refractivity contribution is 1.08. The number of allylic oxidation sites excluding steroid dienone is 4. The van der Waals surface area contributed by atoms with Crippen LogP contribution in [0.1, 0.15) is 12.5 Å². The second-order valence-corrected chi connectivity index (χ2v) is 2.89. The van der Waals surface area contributed by atoms with Crippen molar-refractivity contribution in [1.29, 1.82) is 0 Å². The van der Waals surface area contributed by atoms with Crippen LogP contribution in [0.5, 0.6) is 0 Å². The molecule has 72 valence electrons. The first kappa shape index (κ1) is 10.5. The molecule has 0 N–H and O–H groups in total. The van der Waals surface area contributed by atoms with Crippen molar-refractivity contribution in [2.75, 3.05) is 0 Å². The molecule has 0 aromatic heterocycles. The molecule has 0 aliphatic heterocycles. The predicted octanol–water partition coefficient (Wildman–Crippen LogP) is 3.39. The zero-order valence-corrected chi connectivity index (χ0v) is 8.43. The summed E-state index contributed by atoms with van der Waals surface area (Å²) in [6.45, 7) is 2.74. The van der Waals surface area contributed by atoms with Gasteiger partial charge < -0.3 is 0 Å². The highest BCUT2D eigenvalue weighted by Gasteiger charge is 1.84. The summed E-state index contributed by atoms with van der Waals surface area (Å²) in [6.07, 6.45) is 9.69. The van der Waals surface area contributed by atoms with Gasteiger partial charge >= 0.3 is 0 Å². The summed E-state index contributed by atoms with van der Waals surface area (Å²) in [4.78, 5) is 4.27. The summed E-state index contributed by atoms with van der Waals surface area (Å²) in [5, 5.41) is 0. The first-order valence-electron chi connectivity index (χ1n) is 4.75. The SMILES string of the molecule is C/C=C\C=C/C=NCc1ccccc1. The topological polar surface area (TPSA) is 12.4 Å². The van der Waals surface area contributed by atoms with Gasteiger partial charge in [-0.15, -0.1) is 0 Å². The lowest BCUT2D eigenvalue weighted by Crippen LogP contribution is -1.79. The van der Waals surface area contributed by atoms with Gasteiger partial charge in [-0.3, -0.25) is 4.99 Å². The van der Waals surface area contributed by atoms with Crippen molar-refractivity contribution in [1.82, 2.24) is 0 Å². The highest BCUT2D eigenvalue weighted by molar-refractivity contribution is 5.71. The fourth-order valence-electron chi connectivity index (χ4n) is 1.03. The van der Waals surface area contributed by atoms with E-state index in [0.717, 1.165) is 6.54 Å². The highest BCUT2D eigenvalue weighted by atomic mass is 14.7. The van der Waals surface area contributed by atoms with Gasteiger partial charge in [-0.05, 0) is 18.6 Å². The van der Waals surface area contributed by atoms with Gasteiger partial charge in [0.25, 0.3) is 0 Å². The number of benzene rings is 1. The predicted molar refractivity (Wildman–Crippen MR) is 62.6 cm³/mol. The van der Waals surface area contributed by atoms with Crippen molar-refractivity contribution in [3.63, 3.8) is 0 Å². The van der Waals surface area contributed by atoms with E-state index >= 15 is 0 Å². The molecule has 0 unspecified atom stereocenters. The average molecular weight is 185 g/mol. The lowest BCUT2D eigenvalue weighted by atomic mass is 10.2. The van der Waals surface area contributed by atoms with Crippen LogP contribution in [0.2, 0.25) is 0 Å². The monoisotopic (exact) mass is 185 g/mol. The summed E-state index contributed by atoms with van der Waals surface area (Å²) in [5.74, 6) is 0. The molecule has 1 nitrogen and oxygen atoms in total. The number of hydrogen-bond acceptors (Lipinski definition) is 1. The van der Waals surface area contributed by atoms with E-state index in [1.54, 1.807) is 0 Å². The van der Waals surface area contributed by atoms with Gasteiger partial charge in [0.1, 0.15) is 0 Å². The average Bonchev–Trinajstić information content (AvgIpc) is 2.25.